The lowest BCUT2D eigenvalue weighted by Gasteiger charge is -2.07. The molecule has 3 aromatic rings. The zero-order chi connectivity index (χ0) is 15.7. The number of aromatic nitrogens is 1. The van der Waals surface area contributed by atoms with Crippen molar-refractivity contribution in [2.75, 3.05) is 7.11 Å². The molecule has 0 bridgehead atoms. The molecule has 0 saturated heterocycles. The van der Waals surface area contributed by atoms with Crippen LogP contribution in [0.2, 0.25) is 0 Å². The van der Waals surface area contributed by atoms with Crippen molar-refractivity contribution in [2.24, 2.45) is 0 Å². The molecular weight excluding hydrogens is 285 g/mol. The third-order valence-corrected chi connectivity index (χ3v) is 3.42. The molecule has 0 aliphatic heterocycles. The SMILES string of the molecule is COc1ccc2cc(-c3ccc(C(=O)O)cc3F)ncc2c1. The summed E-state index contributed by atoms with van der Waals surface area (Å²) in [7, 11) is 1.59. The number of halogens is 1. The van der Waals surface area contributed by atoms with Crippen LogP contribution in [0.5, 0.6) is 5.75 Å². The fourth-order valence-corrected chi connectivity index (χ4v) is 2.25. The second-order valence-electron chi connectivity index (χ2n) is 4.78. The largest absolute Gasteiger partial charge is 0.497 e. The van der Waals surface area contributed by atoms with Gasteiger partial charge in [-0.2, -0.15) is 0 Å². The Kier molecular flexibility index (Phi) is 3.47. The summed E-state index contributed by atoms with van der Waals surface area (Å²) in [4.78, 5) is 15.1. The van der Waals surface area contributed by atoms with Gasteiger partial charge in [-0.1, -0.05) is 6.07 Å². The summed E-state index contributed by atoms with van der Waals surface area (Å²) in [5, 5.41) is 10.6. The van der Waals surface area contributed by atoms with Gasteiger partial charge in [0, 0.05) is 17.1 Å². The van der Waals surface area contributed by atoms with E-state index in [9.17, 15) is 9.18 Å². The number of ether oxygens (including phenoxy) is 1. The van der Waals surface area contributed by atoms with Crippen LogP contribution in [0, 0.1) is 5.82 Å². The summed E-state index contributed by atoms with van der Waals surface area (Å²) in [6.07, 6.45) is 1.64. The summed E-state index contributed by atoms with van der Waals surface area (Å²) in [5.74, 6) is -1.05. The lowest BCUT2D eigenvalue weighted by Crippen LogP contribution is -1.98. The molecule has 0 fully saturated rings. The quantitative estimate of drug-likeness (QED) is 0.800. The minimum Gasteiger partial charge on any atom is -0.497 e. The molecule has 0 aliphatic rings. The van der Waals surface area contributed by atoms with E-state index in [0.717, 1.165) is 22.6 Å². The number of aromatic carboxylic acids is 1. The Morgan fingerprint density at radius 2 is 1.95 bits per heavy atom. The number of carboxylic acid groups (broad SMARTS) is 1. The van der Waals surface area contributed by atoms with E-state index in [4.69, 9.17) is 9.84 Å². The average molecular weight is 297 g/mol. The predicted molar refractivity (Wildman–Crippen MR) is 80.6 cm³/mol. The zero-order valence-corrected chi connectivity index (χ0v) is 11.7. The third kappa shape index (κ3) is 2.48. The molecule has 2 aromatic carbocycles. The summed E-state index contributed by atoms with van der Waals surface area (Å²) >= 11 is 0. The van der Waals surface area contributed by atoms with Gasteiger partial charge >= 0.3 is 5.97 Å². The minimum atomic E-state index is -1.16. The van der Waals surface area contributed by atoms with E-state index in [0.29, 0.717) is 5.69 Å². The Balaban J connectivity index is 2.08. The van der Waals surface area contributed by atoms with Crippen LogP contribution >= 0.6 is 0 Å². The Hall–Kier alpha value is -2.95. The standard InChI is InChI=1S/C17H12FNO3/c1-22-13-4-2-10-8-16(19-9-12(10)6-13)14-5-3-11(17(20)21)7-15(14)18/h2-9H,1H3,(H,20,21). The lowest BCUT2D eigenvalue weighted by atomic mass is 10.0. The highest BCUT2D eigenvalue weighted by atomic mass is 19.1. The van der Waals surface area contributed by atoms with Crippen LogP contribution < -0.4 is 4.74 Å². The van der Waals surface area contributed by atoms with E-state index in [1.165, 1.54) is 12.1 Å². The van der Waals surface area contributed by atoms with Crippen LogP contribution in [0.15, 0.2) is 48.7 Å². The number of hydrogen-bond acceptors (Lipinski definition) is 3. The van der Waals surface area contributed by atoms with Crippen LogP contribution in [-0.2, 0) is 0 Å². The summed E-state index contributed by atoms with van der Waals surface area (Å²) in [6, 6.07) is 11.1. The van der Waals surface area contributed by atoms with E-state index in [-0.39, 0.29) is 11.1 Å². The van der Waals surface area contributed by atoms with Gasteiger partial charge in [0.1, 0.15) is 11.6 Å². The highest BCUT2D eigenvalue weighted by Crippen LogP contribution is 2.27. The molecule has 4 nitrogen and oxygen atoms in total. The maximum atomic E-state index is 14.1. The normalized spacial score (nSPS) is 10.6. The van der Waals surface area contributed by atoms with E-state index in [1.54, 1.807) is 19.4 Å². The molecule has 0 atom stereocenters. The Morgan fingerprint density at radius 3 is 2.64 bits per heavy atom. The molecule has 0 saturated carbocycles. The van der Waals surface area contributed by atoms with E-state index in [1.807, 2.05) is 18.2 Å². The number of nitrogens with zero attached hydrogens (tertiary/aromatic N) is 1. The van der Waals surface area contributed by atoms with Crippen LogP contribution in [0.4, 0.5) is 4.39 Å². The second-order valence-corrected chi connectivity index (χ2v) is 4.78. The van der Waals surface area contributed by atoms with Crippen molar-refractivity contribution in [3.05, 3.63) is 60.0 Å². The number of hydrogen-bond donors (Lipinski definition) is 1. The van der Waals surface area contributed by atoms with E-state index < -0.39 is 11.8 Å². The van der Waals surface area contributed by atoms with Crippen molar-refractivity contribution in [3.63, 3.8) is 0 Å². The molecule has 3 rings (SSSR count). The Bertz CT molecular complexity index is 877. The van der Waals surface area contributed by atoms with Gasteiger partial charge in [-0.15, -0.1) is 0 Å². The Labute approximate surface area is 125 Å². The monoisotopic (exact) mass is 297 g/mol. The smallest absolute Gasteiger partial charge is 0.335 e. The second kappa shape index (κ2) is 5.44. The summed E-state index contributed by atoms with van der Waals surface area (Å²) in [5.41, 5.74) is 0.626. The summed E-state index contributed by atoms with van der Waals surface area (Å²) in [6.45, 7) is 0. The Morgan fingerprint density at radius 1 is 1.14 bits per heavy atom. The molecule has 0 unspecified atom stereocenters. The molecule has 22 heavy (non-hydrogen) atoms. The van der Waals surface area contributed by atoms with E-state index >= 15 is 0 Å². The van der Waals surface area contributed by atoms with Crippen molar-refractivity contribution >= 4 is 16.7 Å². The number of fused-ring (bicyclic) bond motifs is 1. The minimum absolute atomic E-state index is 0.0909. The van der Waals surface area contributed by atoms with Gasteiger partial charge in [-0.25, -0.2) is 9.18 Å². The van der Waals surface area contributed by atoms with Crippen molar-refractivity contribution in [2.45, 2.75) is 0 Å². The predicted octanol–water partition coefficient (Wildman–Crippen LogP) is 3.75. The molecule has 1 N–H and O–H groups in total. The van der Waals surface area contributed by atoms with Crippen molar-refractivity contribution in [1.29, 1.82) is 0 Å². The topological polar surface area (TPSA) is 59.4 Å². The third-order valence-electron chi connectivity index (χ3n) is 3.42. The zero-order valence-electron chi connectivity index (χ0n) is 11.7. The van der Waals surface area contributed by atoms with Gasteiger partial charge < -0.3 is 9.84 Å². The fourth-order valence-electron chi connectivity index (χ4n) is 2.25. The number of rotatable bonds is 3. The number of benzene rings is 2. The molecule has 5 heteroatoms. The van der Waals surface area contributed by atoms with Crippen molar-refractivity contribution in [1.82, 2.24) is 4.98 Å². The first-order valence-corrected chi connectivity index (χ1v) is 6.55. The lowest BCUT2D eigenvalue weighted by molar-refractivity contribution is 0.0696. The number of carbonyl (C=O) groups is 1. The number of methoxy groups -OCH3 is 1. The molecule has 0 amide bonds. The molecule has 0 radical (unpaired) electrons. The highest BCUT2D eigenvalue weighted by molar-refractivity contribution is 5.89. The van der Waals surface area contributed by atoms with Gasteiger partial charge in [0.05, 0.1) is 18.4 Å². The molecule has 0 aliphatic carbocycles. The maximum absolute atomic E-state index is 14.1. The first-order chi connectivity index (χ1) is 10.6. The van der Waals surface area contributed by atoms with Crippen LogP contribution in [-0.4, -0.2) is 23.2 Å². The first kappa shape index (κ1) is 14.0. The van der Waals surface area contributed by atoms with Crippen LogP contribution in [0.1, 0.15) is 10.4 Å². The van der Waals surface area contributed by atoms with Crippen molar-refractivity contribution in [3.8, 4) is 17.0 Å². The highest BCUT2D eigenvalue weighted by Gasteiger charge is 2.11. The average Bonchev–Trinajstić information content (AvgIpc) is 2.53. The van der Waals surface area contributed by atoms with Gasteiger partial charge in [-0.3, -0.25) is 4.98 Å². The van der Waals surface area contributed by atoms with Crippen molar-refractivity contribution < 1.29 is 19.0 Å². The summed E-state index contributed by atoms with van der Waals surface area (Å²) < 4.78 is 19.2. The maximum Gasteiger partial charge on any atom is 0.335 e. The molecule has 110 valence electrons. The van der Waals surface area contributed by atoms with Gasteiger partial charge in [0.2, 0.25) is 0 Å². The fraction of sp³-hybridized carbons (Fsp3) is 0.0588. The van der Waals surface area contributed by atoms with Crippen LogP contribution in [0.25, 0.3) is 22.0 Å². The molecular formula is C17H12FNO3. The first-order valence-electron chi connectivity index (χ1n) is 6.55. The molecule has 1 heterocycles. The van der Waals surface area contributed by atoms with Gasteiger partial charge in [0.15, 0.2) is 0 Å². The number of pyridine rings is 1. The molecule has 0 spiro atoms. The van der Waals surface area contributed by atoms with Crippen LogP contribution in [0.3, 0.4) is 0 Å². The van der Waals surface area contributed by atoms with E-state index in [2.05, 4.69) is 4.98 Å². The van der Waals surface area contributed by atoms with Gasteiger partial charge in [-0.05, 0) is 41.8 Å². The van der Waals surface area contributed by atoms with Gasteiger partial charge in [0.25, 0.3) is 0 Å². The number of carboxylic acids is 1. The molecule has 1 aromatic heterocycles.